The second kappa shape index (κ2) is 9.70. The van der Waals surface area contributed by atoms with Crippen LogP contribution in [0.1, 0.15) is 33.5 Å². The van der Waals surface area contributed by atoms with Gasteiger partial charge in [0.15, 0.2) is 0 Å². The monoisotopic (exact) mass is 455 g/mol. The van der Waals surface area contributed by atoms with Gasteiger partial charge in [0, 0.05) is 12.6 Å². The third-order valence-electron chi connectivity index (χ3n) is 6.37. The van der Waals surface area contributed by atoms with Crippen LogP contribution in [0.5, 0.6) is 5.75 Å². The lowest BCUT2D eigenvalue weighted by Crippen LogP contribution is -2.36. The molecule has 5 aromatic rings. The molecule has 4 heteroatoms. The summed E-state index contributed by atoms with van der Waals surface area (Å²) in [5.41, 5.74) is 5.37. The molecule has 0 fully saturated rings. The molecule has 0 amide bonds. The third-order valence-corrected chi connectivity index (χ3v) is 6.37. The summed E-state index contributed by atoms with van der Waals surface area (Å²) in [4.78, 5) is 4.81. The van der Waals surface area contributed by atoms with Crippen molar-refractivity contribution in [3.63, 3.8) is 0 Å². The van der Waals surface area contributed by atoms with Crippen molar-refractivity contribution < 1.29 is 4.74 Å². The van der Waals surface area contributed by atoms with Gasteiger partial charge in [0.25, 0.3) is 0 Å². The number of nitrogens with zero attached hydrogens (tertiary/aromatic N) is 3. The summed E-state index contributed by atoms with van der Waals surface area (Å²) in [5.74, 6) is 0.580. The Labute approximate surface area is 205 Å². The number of ether oxygens (including phenoxy) is 1. The van der Waals surface area contributed by atoms with Gasteiger partial charge in [0.05, 0.1) is 24.7 Å². The second-order valence-electron chi connectivity index (χ2n) is 8.40. The van der Waals surface area contributed by atoms with Crippen LogP contribution in [0.15, 0.2) is 122 Å². The van der Waals surface area contributed by atoms with Crippen molar-refractivity contribution in [1.29, 1.82) is 5.26 Å². The molecule has 0 saturated heterocycles. The van der Waals surface area contributed by atoms with E-state index in [2.05, 4.69) is 89.6 Å². The predicted molar refractivity (Wildman–Crippen MR) is 137 cm³/mol. The Morgan fingerprint density at radius 1 is 0.800 bits per heavy atom. The van der Waals surface area contributed by atoms with Crippen molar-refractivity contribution in [1.82, 2.24) is 9.55 Å². The highest BCUT2D eigenvalue weighted by molar-refractivity contribution is 5.51. The van der Waals surface area contributed by atoms with E-state index in [0.29, 0.717) is 17.7 Å². The van der Waals surface area contributed by atoms with Crippen LogP contribution in [0, 0.1) is 11.3 Å². The van der Waals surface area contributed by atoms with Crippen molar-refractivity contribution in [3.8, 4) is 11.8 Å². The molecule has 0 aliphatic rings. The molecule has 0 atom stereocenters. The first-order chi connectivity index (χ1) is 17.3. The standard InChI is InChI=1S/C31H25N3O/c1-35-30-20-24(17-18-25(30)21-32)19-29-22-34(23-33-29)31(26-11-5-2-6-12-26,27-13-7-3-8-14-27)28-15-9-4-10-16-28/h2-18,20,22-23H,19H2,1H3. The Balaban J connectivity index is 1.66. The lowest BCUT2D eigenvalue weighted by molar-refractivity contribution is 0.413. The first-order valence-corrected chi connectivity index (χ1v) is 11.5. The van der Waals surface area contributed by atoms with E-state index in [0.717, 1.165) is 27.9 Å². The summed E-state index contributed by atoms with van der Waals surface area (Å²) >= 11 is 0. The van der Waals surface area contributed by atoms with Crippen molar-refractivity contribution in [3.05, 3.63) is 155 Å². The van der Waals surface area contributed by atoms with Crippen molar-refractivity contribution in [2.45, 2.75) is 12.0 Å². The zero-order valence-electron chi connectivity index (χ0n) is 19.5. The Morgan fingerprint density at radius 2 is 1.34 bits per heavy atom. The SMILES string of the molecule is COc1cc(Cc2cn(C(c3ccccc3)(c3ccccc3)c3ccccc3)cn2)ccc1C#N. The molecule has 0 bridgehead atoms. The molecule has 0 N–H and O–H groups in total. The number of hydrogen-bond acceptors (Lipinski definition) is 3. The second-order valence-corrected chi connectivity index (χ2v) is 8.40. The normalized spacial score (nSPS) is 11.1. The fourth-order valence-corrected chi connectivity index (χ4v) is 4.77. The Hall–Kier alpha value is -4.62. The molecule has 0 saturated carbocycles. The minimum Gasteiger partial charge on any atom is -0.495 e. The van der Waals surface area contributed by atoms with Crippen LogP contribution in [0.3, 0.4) is 0 Å². The molecule has 170 valence electrons. The van der Waals surface area contributed by atoms with Gasteiger partial charge in [-0.05, 0) is 34.4 Å². The third kappa shape index (κ3) is 4.09. The number of aromatic nitrogens is 2. The fourth-order valence-electron chi connectivity index (χ4n) is 4.77. The molecule has 0 aliphatic carbocycles. The largest absolute Gasteiger partial charge is 0.495 e. The number of hydrogen-bond donors (Lipinski definition) is 0. The van der Waals surface area contributed by atoms with E-state index in [1.165, 1.54) is 0 Å². The molecule has 0 radical (unpaired) electrons. The Morgan fingerprint density at radius 3 is 1.83 bits per heavy atom. The van der Waals surface area contributed by atoms with Gasteiger partial charge in [-0.3, -0.25) is 0 Å². The molecule has 4 aromatic carbocycles. The van der Waals surface area contributed by atoms with Gasteiger partial charge < -0.3 is 9.30 Å². The number of methoxy groups -OCH3 is 1. The summed E-state index contributed by atoms with van der Waals surface area (Å²) < 4.78 is 7.61. The zero-order chi connectivity index (χ0) is 24.1. The summed E-state index contributed by atoms with van der Waals surface area (Å²) in [5, 5.41) is 9.30. The fraction of sp³-hybridized carbons (Fsp3) is 0.0968. The van der Waals surface area contributed by atoms with Crippen molar-refractivity contribution in [2.24, 2.45) is 0 Å². The minimum absolute atomic E-state index is 0.526. The molecule has 0 aliphatic heterocycles. The molecule has 5 rings (SSSR count). The van der Waals surface area contributed by atoms with Crippen LogP contribution < -0.4 is 4.74 Å². The van der Waals surface area contributed by atoms with Gasteiger partial charge in [0.1, 0.15) is 17.4 Å². The Bertz CT molecular complexity index is 1360. The van der Waals surface area contributed by atoms with E-state index >= 15 is 0 Å². The van der Waals surface area contributed by atoms with Gasteiger partial charge >= 0.3 is 0 Å². The molecule has 1 heterocycles. The summed E-state index contributed by atoms with van der Waals surface area (Å²) in [6, 6.07) is 39.5. The molecular formula is C31H25N3O. The number of imidazole rings is 1. The number of rotatable bonds is 7. The maximum absolute atomic E-state index is 9.30. The van der Waals surface area contributed by atoms with Gasteiger partial charge in [-0.1, -0.05) is 97.1 Å². The van der Waals surface area contributed by atoms with Crippen LogP contribution in [-0.2, 0) is 12.0 Å². The number of nitriles is 1. The topological polar surface area (TPSA) is 50.8 Å². The summed E-state index contributed by atoms with van der Waals surface area (Å²) in [6.07, 6.45) is 4.67. The van der Waals surface area contributed by atoms with Crippen LogP contribution in [-0.4, -0.2) is 16.7 Å². The quantitative estimate of drug-likeness (QED) is 0.275. The molecular weight excluding hydrogens is 430 g/mol. The summed E-state index contributed by atoms with van der Waals surface area (Å²) in [7, 11) is 1.59. The van der Waals surface area contributed by atoms with E-state index in [9.17, 15) is 5.26 Å². The molecule has 35 heavy (non-hydrogen) atoms. The lowest BCUT2D eigenvalue weighted by atomic mass is 9.77. The van der Waals surface area contributed by atoms with E-state index in [-0.39, 0.29) is 0 Å². The van der Waals surface area contributed by atoms with Gasteiger partial charge in [-0.2, -0.15) is 5.26 Å². The van der Waals surface area contributed by atoms with Crippen LogP contribution in [0.2, 0.25) is 0 Å². The highest BCUT2D eigenvalue weighted by atomic mass is 16.5. The molecule has 1 aromatic heterocycles. The van der Waals surface area contributed by atoms with Crippen molar-refractivity contribution >= 4 is 0 Å². The van der Waals surface area contributed by atoms with Gasteiger partial charge in [-0.25, -0.2) is 4.98 Å². The lowest BCUT2D eigenvalue weighted by Gasteiger charge is -2.37. The van der Waals surface area contributed by atoms with Crippen LogP contribution >= 0.6 is 0 Å². The Kier molecular flexibility index (Phi) is 6.15. The molecule has 4 nitrogen and oxygen atoms in total. The highest BCUT2D eigenvalue weighted by Crippen LogP contribution is 2.40. The van der Waals surface area contributed by atoms with Gasteiger partial charge in [0.2, 0.25) is 0 Å². The van der Waals surface area contributed by atoms with E-state index < -0.39 is 5.54 Å². The molecule has 0 spiro atoms. The average Bonchev–Trinajstić information content (AvgIpc) is 3.39. The van der Waals surface area contributed by atoms with Crippen LogP contribution in [0.4, 0.5) is 0 Å². The molecule has 0 unspecified atom stereocenters. The maximum atomic E-state index is 9.30. The number of benzene rings is 4. The zero-order valence-corrected chi connectivity index (χ0v) is 19.5. The first-order valence-electron chi connectivity index (χ1n) is 11.5. The first kappa shape index (κ1) is 22.2. The van der Waals surface area contributed by atoms with Crippen molar-refractivity contribution in [2.75, 3.05) is 7.11 Å². The van der Waals surface area contributed by atoms with E-state index in [1.54, 1.807) is 13.2 Å². The van der Waals surface area contributed by atoms with E-state index in [4.69, 9.17) is 9.72 Å². The van der Waals surface area contributed by atoms with Gasteiger partial charge in [-0.15, -0.1) is 0 Å². The predicted octanol–water partition coefficient (Wildman–Crippen LogP) is 6.19. The smallest absolute Gasteiger partial charge is 0.136 e. The maximum Gasteiger partial charge on any atom is 0.136 e. The average molecular weight is 456 g/mol. The van der Waals surface area contributed by atoms with Crippen LogP contribution in [0.25, 0.3) is 0 Å². The van der Waals surface area contributed by atoms with E-state index in [1.807, 2.05) is 36.7 Å². The summed E-state index contributed by atoms with van der Waals surface area (Å²) in [6.45, 7) is 0. The highest BCUT2D eigenvalue weighted by Gasteiger charge is 2.38. The minimum atomic E-state index is -0.586.